The van der Waals surface area contributed by atoms with Crippen molar-refractivity contribution in [1.82, 2.24) is 19.9 Å². The number of anilines is 3. The number of hydrogen-bond donors (Lipinski definition) is 2. The van der Waals surface area contributed by atoms with E-state index in [0.717, 1.165) is 71.8 Å². The van der Waals surface area contributed by atoms with E-state index >= 15 is 0 Å². The van der Waals surface area contributed by atoms with Crippen LogP contribution in [0.4, 0.5) is 17.2 Å². The lowest BCUT2D eigenvalue weighted by molar-refractivity contribution is 0.122. The topological polar surface area (TPSA) is 79.0 Å². The van der Waals surface area contributed by atoms with Crippen molar-refractivity contribution in [2.45, 2.75) is 13.8 Å². The van der Waals surface area contributed by atoms with E-state index in [1.165, 1.54) is 5.56 Å². The second-order valence-electron chi connectivity index (χ2n) is 7.96. The minimum absolute atomic E-state index is 0.734. The second-order valence-corrected chi connectivity index (χ2v) is 7.96. The van der Waals surface area contributed by atoms with Crippen LogP contribution in [0, 0.1) is 13.8 Å². The third-order valence-corrected chi connectivity index (χ3v) is 5.72. The lowest BCUT2D eigenvalue weighted by atomic mass is 10.1. The first-order valence-corrected chi connectivity index (χ1v) is 10.8. The molecule has 0 aliphatic carbocycles. The van der Waals surface area contributed by atoms with Gasteiger partial charge in [0.05, 0.1) is 30.8 Å². The summed E-state index contributed by atoms with van der Waals surface area (Å²) >= 11 is 0. The monoisotopic (exact) mass is 426 g/mol. The number of H-pyrrole nitrogens is 1. The van der Waals surface area contributed by atoms with Crippen LogP contribution in [0.5, 0.6) is 0 Å². The number of nitrogens with zero attached hydrogens (tertiary/aromatic N) is 4. The largest absolute Gasteiger partial charge is 0.378 e. The van der Waals surface area contributed by atoms with E-state index in [-0.39, 0.29) is 0 Å². The number of imidazole rings is 1. The molecule has 7 nitrogen and oxygen atoms in total. The number of aromatic nitrogens is 4. The number of hydrogen-bond acceptors (Lipinski definition) is 6. The van der Waals surface area contributed by atoms with Crippen LogP contribution in [-0.2, 0) is 4.74 Å². The summed E-state index contributed by atoms with van der Waals surface area (Å²) in [4.78, 5) is 19.5. The highest BCUT2D eigenvalue weighted by Crippen LogP contribution is 2.28. The predicted octanol–water partition coefficient (Wildman–Crippen LogP) is 4.73. The zero-order valence-corrected chi connectivity index (χ0v) is 18.3. The molecule has 1 aliphatic heterocycles. The lowest BCUT2D eigenvalue weighted by Crippen LogP contribution is -2.36. The molecule has 4 aromatic rings. The summed E-state index contributed by atoms with van der Waals surface area (Å²) < 4.78 is 5.47. The number of rotatable bonds is 5. The van der Waals surface area contributed by atoms with Crippen molar-refractivity contribution < 1.29 is 4.74 Å². The van der Waals surface area contributed by atoms with Crippen LogP contribution in [0.2, 0.25) is 0 Å². The van der Waals surface area contributed by atoms with E-state index in [2.05, 4.69) is 56.4 Å². The van der Waals surface area contributed by atoms with Crippen molar-refractivity contribution in [3.05, 3.63) is 72.3 Å². The summed E-state index contributed by atoms with van der Waals surface area (Å²) in [5.41, 5.74) is 7.19. The van der Waals surface area contributed by atoms with E-state index < -0.39 is 0 Å². The smallest absolute Gasteiger partial charge is 0.158 e. The molecule has 1 aromatic carbocycles. The van der Waals surface area contributed by atoms with Gasteiger partial charge in [0.2, 0.25) is 0 Å². The van der Waals surface area contributed by atoms with Gasteiger partial charge in [-0.3, -0.25) is 9.97 Å². The first kappa shape index (κ1) is 20.2. The molecule has 162 valence electrons. The number of pyridine rings is 2. The Hall–Kier alpha value is -3.71. The quantitative estimate of drug-likeness (QED) is 0.480. The number of ether oxygens (including phenoxy) is 1. The minimum atomic E-state index is 0.734. The molecule has 7 heteroatoms. The van der Waals surface area contributed by atoms with Crippen LogP contribution in [0.25, 0.3) is 22.6 Å². The van der Waals surface area contributed by atoms with Gasteiger partial charge in [0.1, 0.15) is 5.69 Å². The van der Waals surface area contributed by atoms with Crippen molar-refractivity contribution in [3.8, 4) is 22.6 Å². The van der Waals surface area contributed by atoms with Crippen molar-refractivity contribution in [1.29, 1.82) is 0 Å². The van der Waals surface area contributed by atoms with Gasteiger partial charge in [-0.05, 0) is 49.2 Å². The number of aryl methyl sites for hydroxylation is 2. The van der Waals surface area contributed by atoms with Crippen LogP contribution >= 0.6 is 0 Å². The van der Waals surface area contributed by atoms with Crippen LogP contribution < -0.4 is 10.2 Å². The average Bonchev–Trinajstić information content (AvgIpc) is 3.21. The maximum Gasteiger partial charge on any atom is 0.158 e. The van der Waals surface area contributed by atoms with E-state index in [9.17, 15) is 0 Å². The van der Waals surface area contributed by atoms with Crippen molar-refractivity contribution in [2.24, 2.45) is 0 Å². The van der Waals surface area contributed by atoms with E-state index in [4.69, 9.17) is 9.72 Å². The third kappa shape index (κ3) is 4.20. The van der Waals surface area contributed by atoms with E-state index in [1.807, 2.05) is 43.7 Å². The summed E-state index contributed by atoms with van der Waals surface area (Å²) in [6.07, 6.45) is 5.62. The first-order valence-electron chi connectivity index (χ1n) is 10.8. The van der Waals surface area contributed by atoms with Gasteiger partial charge in [0.15, 0.2) is 11.6 Å². The summed E-state index contributed by atoms with van der Waals surface area (Å²) in [6, 6.07) is 14.4. The SMILES string of the molecule is Cc1ccccc1Nc1nc(-c2cc(-c3cncc(N4CCOCC4)c3)ccn2)[nH]c1C. The molecule has 1 aliphatic rings. The Morgan fingerprint density at radius 1 is 1.00 bits per heavy atom. The van der Waals surface area contributed by atoms with Gasteiger partial charge < -0.3 is 19.9 Å². The van der Waals surface area contributed by atoms with Gasteiger partial charge >= 0.3 is 0 Å². The Balaban J connectivity index is 1.42. The normalized spacial score (nSPS) is 13.9. The Morgan fingerprint density at radius 2 is 1.84 bits per heavy atom. The number of nitrogens with one attached hydrogen (secondary N) is 2. The van der Waals surface area contributed by atoms with Crippen LogP contribution in [0.1, 0.15) is 11.3 Å². The fourth-order valence-corrected chi connectivity index (χ4v) is 3.86. The van der Waals surface area contributed by atoms with Gasteiger partial charge in [0.25, 0.3) is 0 Å². The molecule has 0 atom stereocenters. The molecule has 1 saturated heterocycles. The fourth-order valence-electron chi connectivity index (χ4n) is 3.86. The molecule has 2 N–H and O–H groups in total. The van der Waals surface area contributed by atoms with Gasteiger partial charge in [-0.1, -0.05) is 18.2 Å². The maximum atomic E-state index is 5.47. The summed E-state index contributed by atoms with van der Waals surface area (Å²) in [5.74, 6) is 1.54. The zero-order valence-electron chi connectivity index (χ0n) is 18.3. The number of benzene rings is 1. The highest BCUT2D eigenvalue weighted by Gasteiger charge is 2.14. The van der Waals surface area contributed by atoms with Gasteiger partial charge in [-0.25, -0.2) is 4.98 Å². The molecule has 0 bridgehead atoms. The molecule has 0 amide bonds. The Labute approximate surface area is 187 Å². The third-order valence-electron chi connectivity index (χ3n) is 5.72. The first-order chi connectivity index (χ1) is 15.7. The van der Waals surface area contributed by atoms with Crippen LogP contribution in [0.3, 0.4) is 0 Å². The molecule has 0 spiro atoms. The van der Waals surface area contributed by atoms with Crippen molar-refractivity contribution in [3.63, 3.8) is 0 Å². The predicted molar refractivity (Wildman–Crippen MR) is 127 cm³/mol. The number of aromatic amines is 1. The Bertz CT molecular complexity index is 1230. The van der Waals surface area contributed by atoms with E-state index in [1.54, 1.807) is 0 Å². The second kappa shape index (κ2) is 8.80. The van der Waals surface area contributed by atoms with Crippen molar-refractivity contribution in [2.75, 3.05) is 36.5 Å². The lowest BCUT2D eigenvalue weighted by Gasteiger charge is -2.28. The highest BCUT2D eigenvalue weighted by atomic mass is 16.5. The average molecular weight is 427 g/mol. The van der Waals surface area contributed by atoms with Gasteiger partial charge in [-0.2, -0.15) is 0 Å². The molecular formula is C25H26N6O. The molecule has 1 fully saturated rings. The zero-order chi connectivity index (χ0) is 21.9. The molecule has 0 saturated carbocycles. The van der Waals surface area contributed by atoms with Crippen molar-refractivity contribution >= 4 is 17.2 Å². The molecule has 3 aromatic heterocycles. The summed E-state index contributed by atoms with van der Waals surface area (Å²) in [6.45, 7) is 7.36. The molecule has 4 heterocycles. The minimum Gasteiger partial charge on any atom is -0.378 e. The van der Waals surface area contributed by atoms with E-state index in [0.29, 0.717) is 0 Å². The molecule has 0 unspecified atom stereocenters. The standard InChI is InChI=1S/C25H26N6O/c1-17-5-3-4-6-22(17)29-24-18(2)28-25(30-24)23-14-19(7-8-27-23)20-13-21(16-26-15-20)31-9-11-32-12-10-31/h3-8,13-16,29H,9-12H2,1-2H3,(H,28,30). The summed E-state index contributed by atoms with van der Waals surface area (Å²) in [5, 5.41) is 3.42. The van der Waals surface area contributed by atoms with Gasteiger partial charge in [0, 0.05) is 36.7 Å². The maximum absolute atomic E-state index is 5.47. The molecule has 0 radical (unpaired) electrons. The molecule has 32 heavy (non-hydrogen) atoms. The van der Waals surface area contributed by atoms with Crippen LogP contribution in [-0.4, -0.2) is 46.2 Å². The summed E-state index contributed by atoms with van der Waals surface area (Å²) in [7, 11) is 0. The number of morpholine rings is 1. The van der Waals surface area contributed by atoms with Gasteiger partial charge in [-0.15, -0.1) is 0 Å². The van der Waals surface area contributed by atoms with Crippen LogP contribution in [0.15, 0.2) is 61.1 Å². The molecule has 5 rings (SSSR count). The number of para-hydroxylation sites is 1. The fraction of sp³-hybridized carbons (Fsp3) is 0.240. The molecular weight excluding hydrogens is 400 g/mol. The highest BCUT2D eigenvalue weighted by molar-refractivity contribution is 5.72. The Kier molecular flexibility index (Phi) is 5.56. The Morgan fingerprint density at radius 3 is 2.69 bits per heavy atom.